The third kappa shape index (κ3) is 6.58. The van der Waals surface area contributed by atoms with Gasteiger partial charge in [-0.05, 0) is 31.4 Å². The molecule has 1 aromatic heterocycles. The van der Waals surface area contributed by atoms with E-state index in [9.17, 15) is 4.79 Å². The lowest BCUT2D eigenvalue weighted by Gasteiger charge is -2.20. The van der Waals surface area contributed by atoms with Gasteiger partial charge in [0.25, 0.3) is 0 Å². The molecule has 1 heterocycles. The molecule has 0 saturated heterocycles. The highest BCUT2D eigenvalue weighted by Crippen LogP contribution is 2.23. The Morgan fingerprint density at radius 3 is 2.55 bits per heavy atom. The number of hydrogen-bond donors (Lipinski definition) is 1. The van der Waals surface area contributed by atoms with Crippen molar-refractivity contribution < 1.29 is 4.79 Å². The van der Waals surface area contributed by atoms with Crippen molar-refractivity contribution in [1.82, 2.24) is 14.9 Å². The predicted molar refractivity (Wildman–Crippen MR) is 121 cm³/mol. The van der Waals surface area contributed by atoms with E-state index in [1.54, 1.807) is 0 Å². The van der Waals surface area contributed by atoms with E-state index in [4.69, 9.17) is 4.98 Å². The van der Waals surface area contributed by atoms with Gasteiger partial charge in [-0.25, -0.2) is 4.98 Å². The number of aryl methyl sites for hydroxylation is 1. The van der Waals surface area contributed by atoms with Gasteiger partial charge in [0, 0.05) is 25.4 Å². The van der Waals surface area contributed by atoms with Crippen LogP contribution in [-0.4, -0.2) is 22.0 Å². The second-order valence-corrected chi connectivity index (χ2v) is 8.67. The molecule has 0 spiro atoms. The minimum Gasteiger partial charge on any atom is -0.355 e. The lowest BCUT2D eigenvalue weighted by molar-refractivity contribution is -0.125. The van der Waals surface area contributed by atoms with E-state index in [2.05, 4.69) is 41.1 Å². The van der Waals surface area contributed by atoms with E-state index in [0.717, 1.165) is 37.1 Å². The van der Waals surface area contributed by atoms with Crippen LogP contribution in [0.5, 0.6) is 0 Å². The third-order valence-electron chi connectivity index (χ3n) is 6.34. The smallest absolute Gasteiger partial charge is 0.223 e. The minimum atomic E-state index is 0.232. The lowest BCUT2D eigenvalue weighted by atomic mass is 9.89. The number of amides is 1. The van der Waals surface area contributed by atoms with Gasteiger partial charge < -0.3 is 9.88 Å². The summed E-state index contributed by atoms with van der Waals surface area (Å²) in [7, 11) is 0. The zero-order valence-corrected chi connectivity index (χ0v) is 18.3. The maximum Gasteiger partial charge on any atom is 0.223 e. The van der Waals surface area contributed by atoms with Gasteiger partial charge in [-0.3, -0.25) is 4.79 Å². The first-order valence-electron chi connectivity index (χ1n) is 12.0. The van der Waals surface area contributed by atoms with Gasteiger partial charge in [-0.15, -0.1) is 0 Å². The first-order chi connectivity index (χ1) is 14.3. The standard InChI is InChI=1S/C25H39N3O/c1-2-3-4-5-6-7-13-20-28-23-17-12-11-16-22(23)27-24(28)18-19-26-25(29)21-14-9-8-10-15-21/h11-12,16-17,21H,2-10,13-15,18-20H2,1H3,(H,26,29). The number of rotatable bonds is 12. The van der Waals surface area contributed by atoms with Gasteiger partial charge >= 0.3 is 0 Å². The number of benzene rings is 1. The summed E-state index contributed by atoms with van der Waals surface area (Å²) >= 11 is 0. The Balaban J connectivity index is 1.51. The molecule has 1 fully saturated rings. The summed E-state index contributed by atoms with van der Waals surface area (Å²) in [6.07, 6.45) is 15.8. The van der Waals surface area contributed by atoms with Crippen LogP contribution >= 0.6 is 0 Å². The highest BCUT2D eigenvalue weighted by molar-refractivity contribution is 5.78. The number of hydrogen-bond acceptors (Lipinski definition) is 2. The third-order valence-corrected chi connectivity index (χ3v) is 6.34. The van der Waals surface area contributed by atoms with Crippen molar-refractivity contribution >= 4 is 16.9 Å². The highest BCUT2D eigenvalue weighted by Gasteiger charge is 2.20. The molecule has 3 rings (SSSR count). The molecule has 1 aliphatic rings. The van der Waals surface area contributed by atoms with Crippen molar-refractivity contribution in [3.05, 3.63) is 30.1 Å². The molecule has 160 valence electrons. The molecule has 0 aliphatic heterocycles. The summed E-state index contributed by atoms with van der Waals surface area (Å²) in [5.74, 6) is 1.59. The number of unbranched alkanes of at least 4 members (excludes halogenated alkanes) is 6. The second-order valence-electron chi connectivity index (χ2n) is 8.67. The van der Waals surface area contributed by atoms with E-state index in [1.807, 2.05) is 0 Å². The molecule has 2 aromatic rings. The van der Waals surface area contributed by atoms with E-state index in [1.165, 1.54) is 69.7 Å². The van der Waals surface area contributed by atoms with E-state index >= 15 is 0 Å². The van der Waals surface area contributed by atoms with Gasteiger partial charge in [0.15, 0.2) is 0 Å². The van der Waals surface area contributed by atoms with Crippen molar-refractivity contribution in [2.75, 3.05) is 6.54 Å². The topological polar surface area (TPSA) is 46.9 Å². The average Bonchev–Trinajstić information content (AvgIpc) is 3.11. The molecule has 4 nitrogen and oxygen atoms in total. The number of nitrogens with one attached hydrogen (secondary N) is 1. The fourth-order valence-corrected chi connectivity index (χ4v) is 4.60. The molecule has 0 unspecified atom stereocenters. The van der Waals surface area contributed by atoms with Crippen molar-refractivity contribution in [2.45, 2.75) is 96.9 Å². The number of imidazole rings is 1. The van der Waals surface area contributed by atoms with Gasteiger partial charge in [0.05, 0.1) is 11.0 Å². The van der Waals surface area contributed by atoms with Crippen LogP contribution in [0.3, 0.4) is 0 Å². The molecule has 1 N–H and O–H groups in total. The summed E-state index contributed by atoms with van der Waals surface area (Å²) < 4.78 is 2.38. The van der Waals surface area contributed by atoms with Crippen LogP contribution in [0.15, 0.2) is 24.3 Å². The van der Waals surface area contributed by atoms with Crippen LogP contribution in [-0.2, 0) is 17.8 Å². The Bertz CT molecular complexity index is 746. The number of fused-ring (bicyclic) bond motifs is 1. The number of nitrogens with zero attached hydrogens (tertiary/aromatic N) is 2. The van der Waals surface area contributed by atoms with Crippen molar-refractivity contribution in [2.24, 2.45) is 5.92 Å². The molecular formula is C25H39N3O. The molecular weight excluding hydrogens is 358 g/mol. The van der Waals surface area contributed by atoms with Crippen LogP contribution < -0.4 is 5.32 Å². The first kappa shape index (κ1) is 21.9. The van der Waals surface area contributed by atoms with E-state index < -0.39 is 0 Å². The molecule has 1 aliphatic carbocycles. The molecule has 0 atom stereocenters. The van der Waals surface area contributed by atoms with Crippen molar-refractivity contribution in [3.63, 3.8) is 0 Å². The molecule has 1 saturated carbocycles. The van der Waals surface area contributed by atoms with Crippen LogP contribution in [0, 0.1) is 5.92 Å². The zero-order chi connectivity index (χ0) is 20.3. The SMILES string of the molecule is CCCCCCCCCn1c(CCNC(=O)C2CCCCC2)nc2ccccc21. The Morgan fingerprint density at radius 2 is 1.76 bits per heavy atom. The Hall–Kier alpha value is -1.84. The maximum absolute atomic E-state index is 12.4. The summed E-state index contributed by atoms with van der Waals surface area (Å²) in [6.45, 7) is 3.99. The maximum atomic E-state index is 12.4. The molecule has 0 bridgehead atoms. The Labute approximate surface area is 176 Å². The minimum absolute atomic E-state index is 0.232. The summed E-state index contributed by atoms with van der Waals surface area (Å²) in [6, 6.07) is 8.43. The first-order valence-corrected chi connectivity index (χ1v) is 12.0. The van der Waals surface area contributed by atoms with Crippen molar-refractivity contribution in [1.29, 1.82) is 0 Å². The number of carbonyl (C=O) groups excluding carboxylic acids is 1. The van der Waals surface area contributed by atoms with Gasteiger partial charge in [-0.2, -0.15) is 0 Å². The van der Waals surface area contributed by atoms with Crippen molar-refractivity contribution in [3.8, 4) is 0 Å². The molecule has 1 aromatic carbocycles. The number of carbonyl (C=O) groups is 1. The average molecular weight is 398 g/mol. The largest absolute Gasteiger partial charge is 0.355 e. The second kappa shape index (κ2) is 12.0. The van der Waals surface area contributed by atoms with E-state index in [-0.39, 0.29) is 11.8 Å². The number of aromatic nitrogens is 2. The van der Waals surface area contributed by atoms with Crippen LogP contribution in [0.2, 0.25) is 0 Å². The van der Waals surface area contributed by atoms with Crippen LogP contribution in [0.4, 0.5) is 0 Å². The molecule has 0 radical (unpaired) electrons. The van der Waals surface area contributed by atoms with Gasteiger partial charge in [-0.1, -0.05) is 76.8 Å². The fraction of sp³-hybridized carbons (Fsp3) is 0.680. The quantitative estimate of drug-likeness (QED) is 0.445. The monoisotopic (exact) mass is 397 g/mol. The number of para-hydroxylation sites is 2. The summed E-state index contributed by atoms with van der Waals surface area (Å²) in [5, 5.41) is 3.18. The normalized spacial score (nSPS) is 15.1. The van der Waals surface area contributed by atoms with Crippen LogP contribution in [0.25, 0.3) is 11.0 Å². The Morgan fingerprint density at radius 1 is 1.03 bits per heavy atom. The van der Waals surface area contributed by atoms with E-state index in [0.29, 0.717) is 6.54 Å². The zero-order valence-electron chi connectivity index (χ0n) is 18.3. The van der Waals surface area contributed by atoms with Gasteiger partial charge in [0.1, 0.15) is 5.82 Å². The van der Waals surface area contributed by atoms with Crippen LogP contribution in [0.1, 0.15) is 89.8 Å². The fourth-order valence-electron chi connectivity index (χ4n) is 4.60. The molecule has 1 amide bonds. The Kier molecular flexibility index (Phi) is 9.04. The molecule has 4 heteroatoms. The lowest BCUT2D eigenvalue weighted by Crippen LogP contribution is -2.33. The van der Waals surface area contributed by atoms with Gasteiger partial charge in [0.2, 0.25) is 5.91 Å². The highest BCUT2D eigenvalue weighted by atomic mass is 16.1. The molecule has 29 heavy (non-hydrogen) atoms. The predicted octanol–water partition coefficient (Wildman–Crippen LogP) is 6.03. The summed E-state index contributed by atoms with van der Waals surface area (Å²) in [4.78, 5) is 17.3. The summed E-state index contributed by atoms with van der Waals surface area (Å²) in [5.41, 5.74) is 2.30.